The van der Waals surface area contributed by atoms with Gasteiger partial charge in [-0.05, 0) is 41.1 Å². The highest BCUT2D eigenvalue weighted by molar-refractivity contribution is 9.10. The lowest BCUT2D eigenvalue weighted by atomic mass is 9.86. The van der Waals surface area contributed by atoms with E-state index in [9.17, 15) is 14.0 Å². The van der Waals surface area contributed by atoms with Crippen LogP contribution in [0.2, 0.25) is 0 Å². The minimum absolute atomic E-state index is 0.145. The smallest absolute Gasteiger partial charge is 0.317 e. The Morgan fingerprint density at radius 3 is 2.79 bits per heavy atom. The van der Waals surface area contributed by atoms with Crippen molar-refractivity contribution in [2.75, 3.05) is 6.61 Å². The zero-order valence-electron chi connectivity index (χ0n) is 15.8. The van der Waals surface area contributed by atoms with Crippen molar-refractivity contribution in [2.45, 2.75) is 26.1 Å². The van der Waals surface area contributed by atoms with Crippen LogP contribution in [-0.2, 0) is 9.53 Å². The molecule has 0 fully saturated rings. The van der Waals surface area contributed by atoms with E-state index in [1.807, 2.05) is 6.07 Å². The number of halogens is 2. The summed E-state index contributed by atoms with van der Waals surface area (Å²) in [7, 11) is 0. The molecule has 0 aliphatic heterocycles. The number of ketones is 1. The molecule has 0 N–H and O–H groups in total. The molecule has 150 valence electrons. The van der Waals surface area contributed by atoms with Crippen LogP contribution < -0.4 is 4.74 Å². The average molecular weight is 461 g/mol. The summed E-state index contributed by atoms with van der Waals surface area (Å²) < 4.78 is 26.7. The maximum Gasteiger partial charge on any atom is 0.317 e. The molecule has 3 unspecified atom stereocenters. The highest BCUT2D eigenvalue weighted by Gasteiger charge is 2.50. The Hall–Kier alpha value is -2.74. The molecule has 0 radical (unpaired) electrons. The summed E-state index contributed by atoms with van der Waals surface area (Å²) in [6.07, 6.45) is 0.237. The maximum atomic E-state index is 13.6. The number of alkyl halides is 1. The van der Waals surface area contributed by atoms with Crippen LogP contribution in [0.5, 0.6) is 5.75 Å². The van der Waals surface area contributed by atoms with E-state index in [1.165, 1.54) is 6.92 Å². The normalized spacial score (nSPS) is 19.2. The van der Waals surface area contributed by atoms with E-state index in [2.05, 4.69) is 20.9 Å². The molecule has 1 aromatic carbocycles. The van der Waals surface area contributed by atoms with Crippen LogP contribution in [0.25, 0.3) is 5.65 Å². The number of hydrogen-bond acceptors (Lipinski definition) is 5. The second kappa shape index (κ2) is 7.59. The van der Waals surface area contributed by atoms with E-state index >= 15 is 0 Å². The molecule has 4 rings (SSSR count). The van der Waals surface area contributed by atoms with Gasteiger partial charge in [0.2, 0.25) is 6.36 Å². The van der Waals surface area contributed by atoms with E-state index in [-0.39, 0.29) is 18.1 Å². The monoisotopic (exact) mass is 460 g/mol. The third kappa shape index (κ3) is 3.31. The van der Waals surface area contributed by atoms with Crippen molar-refractivity contribution in [1.29, 1.82) is 0 Å². The van der Waals surface area contributed by atoms with Crippen molar-refractivity contribution in [2.24, 2.45) is 5.92 Å². The average Bonchev–Trinajstić information content (AvgIpc) is 3.17. The lowest BCUT2D eigenvalue weighted by Gasteiger charge is -2.22. The zero-order chi connectivity index (χ0) is 20.7. The summed E-state index contributed by atoms with van der Waals surface area (Å²) in [5, 5.41) is 0. The lowest BCUT2D eigenvalue weighted by Crippen LogP contribution is -2.28. The SMILES string of the molecule is CCOC(=O)C1C(=O)c2nc3ccc(Br)cn3c2C1c1ccccc1OC(C)F. The lowest BCUT2D eigenvalue weighted by molar-refractivity contribution is -0.146. The number of pyridine rings is 1. The van der Waals surface area contributed by atoms with Crippen molar-refractivity contribution in [3.63, 3.8) is 0 Å². The summed E-state index contributed by atoms with van der Waals surface area (Å²) in [6, 6.07) is 10.4. The minimum Gasteiger partial charge on any atom is -0.465 e. The van der Waals surface area contributed by atoms with Gasteiger partial charge in [0, 0.05) is 23.2 Å². The molecule has 0 saturated carbocycles. The Morgan fingerprint density at radius 1 is 1.31 bits per heavy atom. The quantitative estimate of drug-likeness (QED) is 0.419. The molecule has 1 aliphatic rings. The predicted octanol–water partition coefficient (Wildman–Crippen LogP) is 4.30. The molecule has 6 nitrogen and oxygen atoms in total. The van der Waals surface area contributed by atoms with Crippen molar-refractivity contribution in [3.05, 3.63) is 64.0 Å². The number of hydrogen-bond donors (Lipinski definition) is 0. The zero-order valence-corrected chi connectivity index (χ0v) is 17.3. The molecule has 2 heterocycles. The number of benzene rings is 1. The van der Waals surface area contributed by atoms with Gasteiger partial charge < -0.3 is 13.9 Å². The van der Waals surface area contributed by atoms with Gasteiger partial charge >= 0.3 is 5.97 Å². The molecular weight excluding hydrogens is 443 g/mol. The van der Waals surface area contributed by atoms with Gasteiger partial charge in [0.1, 0.15) is 23.0 Å². The van der Waals surface area contributed by atoms with Gasteiger partial charge in [-0.1, -0.05) is 18.2 Å². The second-order valence-electron chi connectivity index (χ2n) is 6.69. The highest BCUT2D eigenvalue weighted by Crippen LogP contribution is 2.46. The topological polar surface area (TPSA) is 69.9 Å². The largest absolute Gasteiger partial charge is 0.465 e. The van der Waals surface area contributed by atoms with Gasteiger partial charge in [-0.3, -0.25) is 9.59 Å². The first-order chi connectivity index (χ1) is 13.9. The molecule has 3 aromatic rings. The van der Waals surface area contributed by atoms with Crippen molar-refractivity contribution in [3.8, 4) is 5.75 Å². The number of nitrogens with zero attached hydrogens (tertiary/aromatic N) is 2. The molecule has 2 aromatic heterocycles. The van der Waals surface area contributed by atoms with E-state index in [0.717, 1.165) is 4.47 Å². The van der Waals surface area contributed by atoms with Gasteiger partial charge in [-0.15, -0.1) is 0 Å². The van der Waals surface area contributed by atoms with Crippen molar-refractivity contribution < 1.29 is 23.5 Å². The van der Waals surface area contributed by atoms with Gasteiger partial charge in [0.25, 0.3) is 0 Å². The molecule has 0 spiro atoms. The Bertz CT molecular complexity index is 1110. The molecule has 0 saturated heterocycles. The van der Waals surface area contributed by atoms with Gasteiger partial charge in [0.05, 0.1) is 18.2 Å². The molecule has 3 atom stereocenters. The Kier molecular flexibility index (Phi) is 5.12. The van der Waals surface area contributed by atoms with E-state index < -0.39 is 29.9 Å². The highest BCUT2D eigenvalue weighted by atomic mass is 79.9. The predicted molar refractivity (Wildman–Crippen MR) is 107 cm³/mol. The Labute approximate surface area is 174 Å². The fraction of sp³-hybridized carbons (Fsp3) is 0.286. The maximum absolute atomic E-state index is 13.6. The number of rotatable bonds is 5. The summed E-state index contributed by atoms with van der Waals surface area (Å²) in [4.78, 5) is 30.4. The van der Waals surface area contributed by atoms with Crippen LogP contribution in [0, 0.1) is 5.92 Å². The van der Waals surface area contributed by atoms with Gasteiger partial charge in [-0.25, -0.2) is 9.37 Å². The first-order valence-corrected chi connectivity index (χ1v) is 9.99. The van der Waals surface area contributed by atoms with Crippen molar-refractivity contribution in [1.82, 2.24) is 9.38 Å². The standard InChI is InChI=1S/C21H18BrFN2O4/c1-3-28-21(27)17-16(13-6-4-5-7-14(13)29-11(2)23)19-18(20(17)26)24-15-9-8-12(22)10-25(15)19/h4-11,16-17H,3H2,1-2H3. The number of carbonyl (C=O) groups excluding carboxylic acids is 2. The number of carbonyl (C=O) groups is 2. The van der Waals surface area contributed by atoms with E-state index in [0.29, 0.717) is 16.9 Å². The number of aromatic nitrogens is 2. The number of esters is 1. The summed E-state index contributed by atoms with van der Waals surface area (Å²) >= 11 is 3.43. The first-order valence-electron chi connectivity index (χ1n) is 9.20. The van der Waals surface area contributed by atoms with Gasteiger partial charge in [-0.2, -0.15) is 0 Å². The summed E-state index contributed by atoms with van der Waals surface area (Å²) in [5.41, 5.74) is 1.89. The van der Waals surface area contributed by atoms with Crippen LogP contribution in [0.15, 0.2) is 47.1 Å². The number of fused-ring (bicyclic) bond motifs is 3. The minimum atomic E-state index is -1.55. The first kappa shape index (κ1) is 19.6. The number of Topliss-reactive ketones (excluding diaryl/α,β-unsaturated/α-hetero) is 1. The van der Waals surface area contributed by atoms with Crippen molar-refractivity contribution >= 4 is 33.3 Å². The van der Waals surface area contributed by atoms with Crippen LogP contribution >= 0.6 is 15.9 Å². The summed E-state index contributed by atoms with van der Waals surface area (Å²) in [6.45, 7) is 3.10. The molecule has 0 bridgehead atoms. The Balaban J connectivity index is 1.96. The molecule has 0 amide bonds. The third-order valence-corrected chi connectivity index (χ3v) is 5.32. The third-order valence-electron chi connectivity index (χ3n) is 4.85. The fourth-order valence-electron chi connectivity index (χ4n) is 3.79. The van der Waals surface area contributed by atoms with E-state index in [4.69, 9.17) is 9.47 Å². The summed E-state index contributed by atoms with van der Waals surface area (Å²) in [5.74, 6) is -2.59. The fourth-order valence-corrected chi connectivity index (χ4v) is 4.13. The van der Waals surface area contributed by atoms with Crippen LogP contribution in [-0.4, -0.2) is 34.1 Å². The molecule has 8 heteroatoms. The number of ether oxygens (including phenoxy) is 2. The van der Waals surface area contributed by atoms with Crippen LogP contribution in [0.4, 0.5) is 4.39 Å². The molecule has 1 aliphatic carbocycles. The van der Waals surface area contributed by atoms with Gasteiger partial charge in [0.15, 0.2) is 5.78 Å². The second-order valence-corrected chi connectivity index (χ2v) is 7.61. The number of imidazole rings is 1. The van der Waals surface area contributed by atoms with Crippen LogP contribution in [0.1, 0.15) is 41.5 Å². The Morgan fingerprint density at radius 2 is 2.07 bits per heavy atom. The number of para-hydroxylation sites is 1. The molecular formula is C21H18BrFN2O4. The van der Waals surface area contributed by atoms with Crippen LogP contribution in [0.3, 0.4) is 0 Å². The molecule has 29 heavy (non-hydrogen) atoms. The van der Waals surface area contributed by atoms with E-state index in [1.54, 1.807) is 47.9 Å².